The van der Waals surface area contributed by atoms with Crippen LogP contribution in [0.2, 0.25) is 0 Å². The lowest BCUT2D eigenvalue weighted by atomic mass is 10.1. The van der Waals surface area contributed by atoms with E-state index in [-0.39, 0.29) is 5.91 Å². The standard InChI is InChI=1S/C21H22N2O3/c1-15-9-10-23(13-15)21(24)17-11-19(25-3)20(12-18(17)22-2)26-14-16-7-5-4-6-8-16/h4-8,11-12H,1-2,9-10,13-14H2,3H3. The van der Waals surface area contributed by atoms with Crippen LogP contribution in [0, 0.1) is 0 Å². The van der Waals surface area contributed by atoms with Crippen LogP contribution in [0.4, 0.5) is 5.69 Å². The fourth-order valence-corrected chi connectivity index (χ4v) is 2.92. The smallest absolute Gasteiger partial charge is 0.256 e. The van der Waals surface area contributed by atoms with Gasteiger partial charge in [-0.25, -0.2) is 0 Å². The second kappa shape index (κ2) is 7.87. The zero-order valence-electron chi connectivity index (χ0n) is 14.9. The number of hydrogen-bond acceptors (Lipinski definition) is 4. The first kappa shape index (κ1) is 17.7. The Morgan fingerprint density at radius 1 is 1.23 bits per heavy atom. The van der Waals surface area contributed by atoms with E-state index in [0.717, 1.165) is 17.6 Å². The molecule has 3 rings (SSSR count). The zero-order valence-corrected chi connectivity index (χ0v) is 14.9. The van der Waals surface area contributed by atoms with Crippen molar-refractivity contribution in [3.8, 4) is 11.5 Å². The Morgan fingerprint density at radius 3 is 2.62 bits per heavy atom. The van der Waals surface area contributed by atoms with Gasteiger partial charge < -0.3 is 14.4 Å². The number of rotatable bonds is 6. The van der Waals surface area contributed by atoms with Crippen molar-refractivity contribution in [1.82, 2.24) is 4.90 Å². The summed E-state index contributed by atoms with van der Waals surface area (Å²) in [5.41, 5.74) is 3.04. The number of carbonyl (C=O) groups is 1. The fourth-order valence-electron chi connectivity index (χ4n) is 2.92. The van der Waals surface area contributed by atoms with Gasteiger partial charge in [0.25, 0.3) is 5.91 Å². The first-order valence-corrected chi connectivity index (χ1v) is 8.43. The lowest BCUT2D eigenvalue weighted by Gasteiger charge is -2.18. The SMILES string of the molecule is C=Nc1cc(OCc2ccccc2)c(OC)cc1C(=O)N1CCC(=C)C1. The highest BCUT2D eigenvalue weighted by Gasteiger charge is 2.25. The van der Waals surface area contributed by atoms with Crippen molar-refractivity contribution in [3.63, 3.8) is 0 Å². The highest BCUT2D eigenvalue weighted by atomic mass is 16.5. The second-order valence-corrected chi connectivity index (χ2v) is 6.18. The Morgan fingerprint density at radius 2 is 2.00 bits per heavy atom. The van der Waals surface area contributed by atoms with Crippen LogP contribution in [0.3, 0.4) is 0 Å². The van der Waals surface area contributed by atoms with Gasteiger partial charge >= 0.3 is 0 Å². The molecule has 5 heteroatoms. The van der Waals surface area contributed by atoms with E-state index in [9.17, 15) is 4.79 Å². The first-order chi connectivity index (χ1) is 12.6. The van der Waals surface area contributed by atoms with Gasteiger partial charge in [-0.05, 0) is 24.8 Å². The number of methoxy groups -OCH3 is 1. The largest absolute Gasteiger partial charge is 0.493 e. The molecule has 2 aromatic carbocycles. The van der Waals surface area contributed by atoms with Crippen molar-refractivity contribution >= 4 is 18.3 Å². The lowest BCUT2D eigenvalue weighted by Crippen LogP contribution is -2.27. The number of likely N-dealkylation sites (tertiary alicyclic amines) is 1. The molecule has 1 aliphatic heterocycles. The van der Waals surface area contributed by atoms with Crippen molar-refractivity contribution < 1.29 is 14.3 Å². The zero-order chi connectivity index (χ0) is 18.5. The molecule has 1 aliphatic rings. The molecule has 0 radical (unpaired) electrons. The number of amides is 1. The molecule has 2 aromatic rings. The Hall–Kier alpha value is -3.08. The molecule has 0 spiro atoms. The van der Waals surface area contributed by atoms with E-state index in [1.807, 2.05) is 30.3 Å². The quantitative estimate of drug-likeness (QED) is 0.584. The van der Waals surface area contributed by atoms with Crippen molar-refractivity contribution in [3.05, 3.63) is 65.7 Å². The molecule has 1 saturated heterocycles. The van der Waals surface area contributed by atoms with Gasteiger partial charge in [-0.2, -0.15) is 0 Å². The maximum atomic E-state index is 12.8. The summed E-state index contributed by atoms with van der Waals surface area (Å²) in [6.07, 6.45) is 0.831. The molecular weight excluding hydrogens is 328 g/mol. The summed E-state index contributed by atoms with van der Waals surface area (Å²) in [7, 11) is 1.55. The Labute approximate surface area is 153 Å². The van der Waals surface area contributed by atoms with Crippen LogP contribution in [0.15, 0.2) is 59.6 Å². The summed E-state index contributed by atoms with van der Waals surface area (Å²) in [6.45, 7) is 9.18. The van der Waals surface area contributed by atoms with Crippen molar-refractivity contribution in [2.24, 2.45) is 4.99 Å². The maximum absolute atomic E-state index is 12.8. The molecule has 0 bridgehead atoms. The number of hydrogen-bond donors (Lipinski definition) is 0. The van der Waals surface area contributed by atoms with E-state index in [1.165, 1.54) is 0 Å². The maximum Gasteiger partial charge on any atom is 0.256 e. The molecule has 5 nitrogen and oxygen atoms in total. The summed E-state index contributed by atoms with van der Waals surface area (Å²) in [6, 6.07) is 13.2. The topological polar surface area (TPSA) is 51.1 Å². The third-order valence-electron chi connectivity index (χ3n) is 4.36. The van der Waals surface area contributed by atoms with E-state index in [0.29, 0.717) is 42.4 Å². The van der Waals surface area contributed by atoms with E-state index in [4.69, 9.17) is 9.47 Å². The molecular formula is C21H22N2O3. The normalized spacial score (nSPS) is 13.6. The molecule has 0 aliphatic carbocycles. The highest BCUT2D eigenvalue weighted by Crippen LogP contribution is 2.36. The predicted octanol–water partition coefficient (Wildman–Crippen LogP) is 4.01. The van der Waals surface area contributed by atoms with Crippen LogP contribution in [0.1, 0.15) is 22.3 Å². The number of ether oxygens (including phenoxy) is 2. The Balaban J connectivity index is 1.86. The van der Waals surface area contributed by atoms with Gasteiger partial charge in [0.2, 0.25) is 0 Å². The number of carbonyl (C=O) groups excluding carboxylic acids is 1. The molecule has 1 fully saturated rings. The monoisotopic (exact) mass is 350 g/mol. The van der Waals surface area contributed by atoms with Crippen LogP contribution in [-0.4, -0.2) is 37.7 Å². The molecule has 1 amide bonds. The third kappa shape index (κ3) is 3.77. The summed E-state index contributed by atoms with van der Waals surface area (Å²) in [5, 5.41) is 0. The van der Waals surface area contributed by atoms with E-state index >= 15 is 0 Å². The molecule has 0 atom stereocenters. The Kier molecular flexibility index (Phi) is 5.37. The summed E-state index contributed by atoms with van der Waals surface area (Å²) in [5.74, 6) is 0.926. The van der Waals surface area contributed by atoms with Gasteiger partial charge in [0.05, 0.1) is 18.4 Å². The summed E-state index contributed by atoms with van der Waals surface area (Å²) in [4.78, 5) is 18.6. The minimum atomic E-state index is -0.0982. The molecule has 0 saturated carbocycles. The van der Waals surface area contributed by atoms with Crippen LogP contribution >= 0.6 is 0 Å². The van der Waals surface area contributed by atoms with E-state index in [2.05, 4.69) is 18.3 Å². The van der Waals surface area contributed by atoms with Gasteiger partial charge in [-0.15, -0.1) is 0 Å². The van der Waals surface area contributed by atoms with Crippen molar-refractivity contribution in [1.29, 1.82) is 0 Å². The Bertz CT molecular complexity index is 831. The number of nitrogens with zero attached hydrogens (tertiary/aromatic N) is 2. The molecule has 0 N–H and O–H groups in total. The summed E-state index contributed by atoms with van der Waals surface area (Å²) < 4.78 is 11.3. The number of benzene rings is 2. The van der Waals surface area contributed by atoms with Crippen LogP contribution in [0.5, 0.6) is 11.5 Å². The third-order valence-corrected chi connectivity index (χ3v) is 4.36. The lowest BCUT2D eigenvalue weighted by molar-refractivity contribution is 0.0796. The molecule has 0 aromatic heterocycles. The fraction of sp³-hybridized carbons (Fsp3) is 0.238. The summed E-state index contributed by atoms with van der Waals surface area (Å²) >= 11 is 0. The van der Waals surface area contributed by atoms with Gasteiger partial charge in [0, 0.05) is 19.2 Å². The van der Waals surface area contributed by atoms with Crippen LogP contribution in [-0.2, 0) is 6.61 Å². The molecule has 26 heavy (non-hydrogen) atoms. The van der Waals surface area contributed by atoms with Crippen molar-refractivity contribution in [2.75, 3.05) is 20.2 Å². The minimum absolute atomic E-state index is 0.0982. The number of aliphatic imine (C=N–C) groups is 1. The predicted molar refractivity (Wildman–Crippen MR) is 103 cm³/mol. The minimum Gasteiger partial charge on any atom is -0.493 e. The highest BCUT2D eigenvalue weighted by molar-refractivity contribution is 6.00. The molecule has 1 heterocycles. The van der Waals surface area contributed by atoms with E-state index in [1.54, 1.807) is 24.1 Å². The van der Waals surface area contributed by atoms with Gasteiger partial charge in [0.15, 0.2) is 11.5 Å². The first-order valence-electron chi connectivity index (χ1n) is 8.43. The van der Waals surface area contributed by atoms with E-state index < -0.39 is 0 Å². The van der Waals surface area contributed by atoms with Gasteiger partial charge in [-0.3, -0.25) is 9.79 Å². The van der Waals surface area contributed by atoms with Crippen LogP contribution in [0.25, 0.3) is 0 Å². The molecule has 0 unspecified atom stereocenters. The van der Waals surface area contributed by atoms with Crippen LogP contribution < -0.4 is 9.47 Å². The molecule has 134 valence electrons. The average molecular weight is 350 g/mol. The van der Waals surface area contributed by atoms with Gasteiger partial charge in [0.1, 0.15) is 6.61 Å². The average Bonchev–Trinajstić information content (AvgIpc) is 3.12. The van der Waals surface area contributed by atoms with Crippen molar-refractivity contribution in [2.45, 2.75) is 13.0 Å². The van der Waals surface area contributed by atoms with Gasteiger partial charge in [-0.1, -0.05) is 42.5 Å². The second-order valence-electron chi connectivity index (χ2n) is 6.18.